The van der Waals surface area contributed by atoms with Crippen molar-refractivity contribution in [2.75, 3.05) is 5.75 Å². The summed E-state index contributed by atoms with van der Waals surface area (Å²) in [6.07, 6.45) is 0. The zero-order valence-electron chi connectivity index (χ0n) is 8.38. The SMILES string of the molecule is CC(CS(=O)[O-])c1c(Cl)cccc1[N+](=O)[O-]. The van der Waals surface area contributed by atoms with Crippen LogP contribution in [0.2, 0.25) is 5.02 Å². The molecule has 1 aromatic carbocycles. The number of benzene rings is 1. The monoisotopic (exact) mass is 262 g/mol. The maximum atomic E-state index is 10.8. The summed E-state index contributed by atoms with van der Waals surface area (Å²) in [4.78, 5) is 10.2. The summed E-state index contributed by atoms with van der Waals surface area (Å²) < 4.78 is 21.1. The van der Waals surface area contributed by atoms with E-state index in [4.69, 9.17) is 11.6 Å². The van der Waals surface area contributed by atoms with E-state index in [2.05, 4.69) is 0 Å². The van der Waals surface area contributed by atoms with E-state index in [-0.39, 0.29) is 22.0 Å². The molecule has 0 heterocycles. The van der Waals surface area contributed by atoms with Gasteiger partial charge in [-0.1, -0.05) is 35.7 Å². The molecule has 0 radical (unpaired) electrons. The maximum Gasteiger partial charge on any atom is 0.274 e. The Labute approximate surface area is 99.9 Å². The Hall–Kier alpha value is -0.980. The molecule has 0 N–H and O–H groups in total. The quantitative estimate of drug-likeness (QED) is 0.473. The van der Waals surface area contributed by atoms with Crippen LogP contribution in [0.25, 0.3) is 0 Å². The first-order chi connectivity index (χ1) is 7.43. The van der Waals surface area contributed by atoms with Gasteiger partial charge in [-0.3, -0.25) is 14.3 Å². The van der Waals surface area contributed by atoms with Crippen LogP contribution in [0, 0.1) is 10.1 Å². The van der Waals surface area contributed by atoms with Crippen molar-refractivity contribution in [2.45, 2.75) is 12.8 Å². The standard InChI is InChI=1S/C9H10ClNO4S/c1-6(5-16(14)15)9-7(10)3-2-4-8(9)11(12)13/h2-4,6H,5H2,1H3,(H,14,15)/p-1. The smallest absolute Gasteiger partial charge is 0.274 e. The van der Waals surface area contributed by atoms with Gasteiger partial charge in [0.2, 0.25) is 0 Å². The van der Waals surface area contributed by atoms with Crippen molar-refractivity contribution >= 4 is 28.4 Å². The summed E-state index contributed by atoms with van der Waals surface area (Å²) in [6, 6.07) is 4.28. The van der Waals surface area contributed by atoms with Gasteiger partial charge >= 0.3 is 0 Å². The van der Waals surface area contributed by atoms with Gasteiger partial charge in [0.25, 0.3) is 5.69 Å². The lowest BCUT2D eigenvalue weighted by Gasteiger charge is -2.15. The van der Waals surface area contributed by atoms with Crippen LogP contribution in [0.1, 0.15) is 18.4 Å². The minimum absolute atomic E-state index is 0.148. The van der Waals surface area contributed by atoms with Crippen molar-refractivity contribution in [2.24, 2.45) is 0 Å². The molecule has 0 amide bonds. The molecule has 0 aliphatic rings. The van der Waals surface area contributed by atoms with E-state index >= 15 is 0 Å². The predicted octanol–water partition coefficient (Wildman–Crippen LogP) is 2.23. The van der Waals surface area contributed by atoms with Gasteiger partial charge in [0.15, 0.2) is 0 Å². The third-order valence-electron chi connectivity index (χ3n) is 2.11. The number of rotatable bonds is 4. The fourth-order valence-corrected chi connectivity index (χ4v) is 2.39. The molecule has 0 spiro atoms. The third-order valence-corrected chi connectivity index (χ3v) is 3.21. The third kappa shape index (κ3) is 3.01. The molecule has 0 bridgehead atoms. The lowest BCUT2D eigenvalue weighted by Crippen LogP contribution is -2.08. The van der Waals surface area contributed by atoms with Crippen molar-refractivity contribution in [1.82, 2.24) is 0 Å². The molecule has 88 valence electrons. The van der Waals surface area contributed by atoms with Crippen LogP contribution in [0.5, 0.6) is 0 Å². The molecule has 16 heavy (non-hydrogen) atoms. The number of nitro groups is 1. The largest absolute Gasteiger partial charge is 0.772 e. The van der Waals surface area contributed by atoms with E-state index < -0.39 is 21.9 Å². The Kier molecular flexibility index (Phi) is 4.40. The molecule has 0 aliphatic heterocycles. The Bertz CT molecular complexity index is 438. The zero-order chi connectivity index (χ0) is 12.3. The van der Waals surface area contributed by atoms with Gasteiger partial charge in [0.05, 0.1) is 15.5 Å². The van der Waals surface area contributed by atoms with Crippen molar-refractivity contribution in [3.63, 3.8) is 0 Å². The second-order valence-corrected chi connectivity index (χ2v) is 4.65. The second-order valence-electron chi connectivity index (χ2n) is 3.30. The average molecular weight is 263 g/mol. The average Bonchev–Trinajstić information content (AvgIpc) is 2.15. The van der Waals surface area contributed by atoms with E-state index in [1.165, 1.54) is 18.2 Å². The molecule has 7 heteroatoms. The van der Waals surface area contributed by atoms with Crippen LogP contribution in [-0.4, -0.2) is 19.4 Å². The minimum Gasteiger partial charge on any atom is -0.772 e. The molecule has 0 fully saturated rings. The van der Waals surface area contributed by atoms with Gasteiger partial charge in [-0.2, -0.15) is 0 Å². The topological polar surface area (TPSA) is 83.3 Å². The van der Waals surface area contributed by atoms with Crippen molar-refractivity contribution < 1.29 is 13.7 Å². The fraction of sp³-hybridized carbons (Fsp3) is 0.333. The van der Waals surface area contributed by atoms with Crippen LogP contribution < -0.4 is 0 Å². The van der Waals surface area contributed by atoms with Crippen LogP contribution >= 0.6 is 11.6 Å². The van der Waals surface area contributed by atoms with Gasteiger partial charge in [-0.25, -0.2) is 0 Å². The number of halogens is 1. The molecule has 2 unspecified atom stereocenters. The maximum absolute atomic E-state index is 10.8. The van der Waals surface area contributed by atoms with Gasteiger partial charge in [0.1, 0.15) is 0 Å². The van der Waals surface area contributed by atoms with E-state index in [1.807, 2.05) is 0 Å². The Balaban J connectivity index is 3.19. The minimum atomic E-state index is -2.26. The van der Waals surface area contributed by atoms with Crippen LogP contribution in [-0.2, 0) is 11.1 Å². The van der Waals surface area contributed by atoms with Gasteiger partial charge in [0, 0.05) is 11.8 Å². The van der Waals surface area contributed by atoms with Gasteiger partial charge < -0.3 is 4.55 Å². The molecular weight excluding hydrogens is 254 g/mol. The van der Waals surface area contributed by atoms with Crippen LogP contribution in [0.15, 0.2) is 18.2 Å². The summed E-state index contributed by atoms with van der Waals surface area (Å²) >= 11 is 3.59. The number of nitro benzene ring substituents is 1. The molecule has 1 aromatic rings. The molecule has 0 aromatic heterocycles. The highest BCUT2D eigenvalue weighted by molar-refractivity contribution is 7.79. The zero-order valence-corrected chi connectivity index (χ0v) is 9.96. The van der Waals surface area contributed by atoms with E-state index in [1.54, 1.807) is 6.92 Å². The number of hydrogen-bond donors (Lipinski definition) is 0. The predicted molar refractivity (Wildman–Crippen MR) is 60.3 cm³/mol. The normalized spacial score (nSPS) is 14.4. The summed E-state index contributed by atoms with van der Waals surface area (Å²) in [5.74, 6) is -0.697. The lowest BCUT2D eigenvalue weighted by atomic mass is 10.0. The number of hydrogen-bond acceptors (Lipinski definition) is 4. The first-order valence-electron chi connectivity index (χ1n) is 4.42. The molecule has 1 rings (SSSR count). The Morgan fingerprint density at radius 1 is 1.56 bits per heavy atom. The highest BCUT2D eigenvalue weighted by Gasteiger charge is 2.21. The summed E-state index contributed by atoms with van der Waals surface area (Å²) in [5.41, 5.74) is 0.115. The van der Waals surface area contributed by atoms with Crippen LogP contribution in [0.3, 0.4) is 0 Å². The molecule has 2 atom stereocenters. The first kappa shape index (κ1) is 13.1. The lowest BCUT2D eigenvalue weighted by molar-refractivity contribution is -0.385. The summed E-state index contributed by atoms with van der Waals surface area (Å²) in [7, 11) is 0. The Morgan fingerprint density at radius 3 is 2.69 bits per heavy atom. The fourth-order valence-electron chi connectivity index (χ4n) is 1.46. The second kappa shape index (κ2) is 5.38. The van der Waals surface area contributed by atoms with Crippen molar-refractivity contribution in [1.29, 1.82) is 0 Å². The van der Waals surface area contributed by atoms with E-state index in [0.717, 1.165) is 0 Å². The highest BCUT2D eigenvalue weighted by Crippen LogP contribution is 2.33. The molecule has 0 saturated heterocycles. The summed E-state index contributed by atoms with van der Waals surface area (Å²) in [5, 5.41) is 11.0. The van der Waals surface area contributed by atoms with E-state index in [0.29, 0.717) is 0 Å². The number of nitrogens with zero attached hydrogens (tertiary/aromatic N) is 1. The Morgan fingerprint density at radius 2 is 2.19 bits per heavy atom. The van der Waals surface area contributed by atoms with Crippen LogP contribution in [0.4, 0.5) is 5.69 Å². The highest BCUT2D eigenvalue weighted by atomic mass is 35.5. The van der Waals surface area contributed by atoms with Gasteiger partial charge in [-0.15, -0.1) is 0 Å². The first-order valence-corrected chi connectivity index (χ1v) is 6.04. The molecule has 0 aliphatic carbocycles. The molecular formula is C9H9ClNO4S-. The molecule has 5 nitrogen and oxygen atoms in total. The van der Waals surface area contributed by atoms with E-state index in [9.17, 15) is 18.9 Å². The van der Waals surface area contributed by atoms with Gasteiger partial charge in [-0.05, 0) is 12.0 Å². The van der Waals surface area contributed by atoms with Crippen molar-refractivity contribution in [3.8, 4) is 0 Å². The molecule has 0 saturated carbocycles. The summed E-state index contributed by atoms with van der Waals surface area (Å²) in [6.45, 7) is 1.59. The van der Waals surface area contributed by atoms with Crippen molar-refractivity contribution in [3.05, 3.63) is 38.9 Å².